The average Bonchev–Trinajstić information content (AvgIpc) is 2.39. The van der Waals surface area contributed by atoms with Crippen molar-refractivity contribution in [3.8, 4) is 5.75 Å². The first kappa shape index (κ1) is 12.4. The van der Waals surface area contributed by atoms with Gasteiger partial charge in [-0.1, -0.05) is 30.3 Å². The van der Waals surface area contributed by atoms with E-state index in [0.29, 0.717) is 18.4 Å². The van der Waals surface area contributed by atoms with Gasteiger partial charge in [0.2, 0.25) is 0 Å². The summed E-state index contributed by atoms with van der Waals surface area (Å²) in [6, 6.07) is 10.7. The van der Waals surface area contributed by atoms with E-state index in [4.69, 9.17) is 5.11 Å². The second kappa shape index (κ2) is 5.51. The largest absolute Gasteiger partial charge is 0.506 e. The van der Waals surface area contributed by atoms with Gasteiger partial charge in [0.1, 0.15) is 5.75 Å². The van der Waals surface area contributed by atoms with Gasteiger partial charge in [0.25, 0.3) is 5.91 Å². The van der Waals surface area contributed by atoms with Gasteiger partial charge in [-0.25, -0.2) is 0 Å². The van der Waals surface area contributed by atoms with Crippen LogP contribution in [-0.4, -0.2) is 29.3 Å². The zero-order chi connectivity index (χ0) is 13.0. The van der Waals surface area contributed by atoms with Gasteiger partial charge in [-0.2, -0.15) is 0 Å². The van der Waals surface area contributed by atoms with Crippen LogP contribution in [0, 0.1) is 0 Å². The molecule has 2 aromatic carbocycles. The number of aliphatic hydroxyl groups is 1. The summed E-state index contributed by atoms with van der Waals surface area (Å²) in [7, 11) is 0. The summed E-state index contributed by atoms with van der Waals surface area (Å²) in [6.45, 7) is 0.422. The van der Waals surface area contributed by atoms with E-state index in [1.807, 2.05) is 18.2 Å². The third kappa shape index (κ3) is 2.43. The lowest BCUT2D eigenvalue weighted by molar-refractivity contribution is 0.0949. The molecule has 0 aromatic heterocycles. The van der Waals surface area contributed by atoms with Crippen LogP contribution in [-0.2, 0) is 0 Å². The molecule has 0 heterocycles. The van der Waals surface area contributed by atoms with Gasteiger partial charge in [0, 0.05) is 18.5 Å². The first-order chi connectivity index (χ1) is 8.74. The van der Waals surface area contributed by atoms with Crippen molar-refractivity contribution in [2.24, 2.45) is 0 Å². The van der Waals surface area contributed by atoms with Crippen molar-refractivity contribution in [2.45, 2.75) is 6.42 Å². The van der Waals surface area contributed by atoms with E-state index >= 15 is 0 Å². The number of benzene rings is 2. The van der Waals surface area contributed by atoms with Gasteiger partial charge in [0.05, 0.1) is 5.56 Å². The molecule has 4 nitrogen and oxygen atoms in total. The molecule has 1 amide bonds. The number of rotatable bonds is 4. The van der Waals surface area contributed by atoms with Crippen LogP contribution in [0.5, 0.6) is 5.75 Å². The van der Waals surface area contributed by atoms with Crippen molar-refractivity contribution in [1.82, 2.24) is 5.32 Å². The molecule has 0 aliphatic carbocycles. The summed E-state index contributed by atoms with van der Waals surface area (Å²) in [6.07, 6.45) is 0.500. The van der Waals surface area contributed by atoms with Crippen LogP contribution in [0.1, 0.15) is 16.8 Å². The van der Waals surface area contributed by atoms with Crippen molar-refractivity contribution in [2.75, 3.05) is 13.2 Å². The number of hydrogen-bond acceptors (Lipinski definition) is 3. The van der Waals surface area contributed by atoms with Crippen molar-refractivity contribution in [3.63, 3.8) is 0 Å². The minimum Gasteiger partial charge on any atom is -0.506 e. The minimum absolute atomic E-state index is 0.00500. The lowest BCUT2D eigenvalue weighted by Crippen LogP contribution is -2.25. The smallest absolute Gasteiger partial charge is 0.255 e. The van der Waals surface area contributed by atoms with E-state index in [1.54, 1.807) is 18.2 Å². The van der Waals surface area contributed by atoms with Gasteiger partial charge in [-0.05, 0) is 17.9 Å². The van der Waals surface area contributed by atoms with Gasteiger partial charge in [0.15, 0.2) is 0 Å². The van der Waals surface area contributed by atoms with Crippen LogP contribution in [0.15, 0.2) is 36.4 Å². The van der Waals surface area contributed by atoms with E-state index in [2.05, 4.69) is 5.32 Å². The zero-order valence-corrected chi connectivity index (χ0v) is 9.89. The molecule has 0 unspecified atom stereocenters. The highest BCUT2D eigenvalue weighted by atomic mass is 16.3. The van der Waals surface area contributed by atoms with Gasteiger partial charge >= 0.3 is 0 Å². The number of fused-ring (bicyclic) bond motifs is 1. The minimum atomic E-state index is -0.327. The highest BCUT2D eigenvalue weighted by Gasteiger charge is 2.12. The quantitative estimate of drug-likeness (QED) is 0.717. The number of phenols is 1. The SMILES string of the molecule is O=C(NCCCO)c1ccc2ccccc2c1O. The van der Waals surface area contributed by atoms with E-state index in [1.165, 1.54) is 0 Å². The molecule has 2 aromatic rings. The van der Waals surface area contributed by atoms with Crippen molar-refractivity contribution in [3.05, 3.63) is 42.0 Å². The highest BCUT2D eigenvalue weighted by molar-refractivity contribution is 6.03. The molecule has 3 N–H and O–H groups in total. The molecule has 0 saturated carbocycles. The fraction of sp³-hybridized carbons (Fsp3) is 0.214. The molecule has 4 heteroatoms. The molecular formula is C14H15NO3. The van der Waals surface area contributed by atoms with Gasteiger partial charge in [-0.3, -0.25) is 4.79 Å². The number of carbonyl (C=O) groups excluding carboxylic acids is 1. The first-order valence-corrected chi connectivity index (χ1v) is 5.84. The number of carbonyl (C=O) groups is 1. The Morgan fingerprint density at radius 1 is 1.17 bits per heavy atom. The molecule has 0 saturated heterocycles. The Balaban J connectivity index is 2.28. The molecule has 18 heavy (non-hydrogen) atoms. The maximum atomic E-state index is 11.8. The van der Waals surface area contributed by atoms with Crippen LogP contribution in [0.3, 0.4) is 0 Å². The molecule has 0 fully saturated rings. The highest BCUT2D eigenvalue weighted by Crippen LogP contribution is 2.28. The summed E-state index contributed by atoms with van der Waals surface area (Å²) in [4.78, 5) is 11.8. The van der Waals surface area contributed by atoms with Crippen LogP contribution < -0.4 is 5.32 Å². The molecule has 0 bridgehead atoms. The number of amides is 1. The number of aliphatic hydroxyl groups excluding tert-OH is 1. The predicted molar refractivity (Wildman–Crippen MR) is 69.6 cm³/mol. The van der Waals surface area contributed by atoms with Crippen LogP contribution in [0.2, 0.25) is 0 Å². The predicted octanol–water partition coefficient (Wildman–Crippen LogP) is 1.66. The Morgan fingerprint density at radius 3 is 2.72 bits per heavy atom. The van der Waals surface area contributed by atoms with Gasteiger partial charge < -0.3 is 15.5 Å². The summed E-state index contributed by atoms with van der Waals surface area (Å²) < 4.78 is 0. The maximum Gasteiger partial charge on any atom is 0.255 e. The molecule has 0 radical (unpaired) electrons. The summed E-state index contributed by atoms with van der Waals surface area (Å²) in [5.41, 5.74) is 0.256. The van der Waals surface area contributed by atoms with Crippen LogP contribution >= 0.6 is 0 Å². The van der Waals surface area contributed by atoms with Gasteiger partial charge in [-0.15, -0.1) is 0 Å². The molecule has 0 aliphatic heterocycles. The third-order valence-corrected chi connectivity index (χ3v) is 2.77. The lowest BCUT2D eigenvalue weighted by Gasteiger charge is -2.08. The molecular weight excluding hydrogens is 230 g/mol. The van der Waals surface area contributed by atoms with E-state index < -0.39 is 0 Å². The third-order valence-electron chi connectivity index (χ3n) is 2.77. The van der Waals surface area contributed by atoms with Crippen molar-refractivity contribution in [1.29, 1.82) is 0 Å². The van der Waals surface area contributed by atoms with Crippen molar-refractivity contribution >= 4 is 16.7 Å². The Hall–Kier alpha value is -2.07. The number of hydrogen-bond donors (Lipinski definition) is 3. The second-order valence-electron chi connectivity index (χ2n) is 4.02. The van der Waals surface area contributed by atoms with Crippen LogP contribution in [0.25, 0.3) is 10.8 Å². The number of phenolic OH excluding ortho intramolecular Hbond substituents is 1. The second-order valence-corrected chi connectivity index (χ2v) is 4.02. The summed E-state index contributed by atoms with van der Waals surface area (Å²) in [5, 5.41) is 22.9. The molecule has 94 valence electrons. The molecule has 2 rings (SSSR count). The normalized spacial score (nSPS) is 10.5. The molecule has 0 atom stereocenters. The zero-order valence-electron chi connectivity index (χ0n) is 9.89. The standard InChI is InChI=1S/C14H15NO3/c16-9-3-8-15-14(18)12-7-6-10-4-1-2-5-11(10)13(12)17/h1-2,4-7,16-17H,3,8-9H2,(H,15,18). The lowest BCUT2D eigenvalue weighted by atomic mass is 10.0. The Morgan fingerprint density at radius 2 is 1.94 bits per heavy atom. The van der Waals surface area contributed by atoms with E-state index in [9.17, 15) is 9.90 Å². The topological polar surface area (TPSA) is 69.6 Å². The fourth-order valence-electron chi connectivity index (χ4n) is 1.81. The average molecular weight is 245 g/mol. The Bertz CT molecular complexity index is 566. The van der Waals surface area contributed by atoms with E-state index in [-0.39, 0.29) is 23.8 Å². The molecule has 0 spiro atoms. The monoisotopic (exact) mass is 245 g/mol. The van der Waals surface area contributed by atoms with Crippen molar-refractivity contribution < 1.29 is 15.0 Å². The maximum absolute atomic E-state index is 11.8. The number of aromatic hydroxyl groups is 1. The number of nitrogens with one attached hydrogen (secondary N) is 1. The fourth-order valence-corrected chi connectivity index (χ4v) is 1.81. The molecule has 0 aliphatic rings. The summed E-state index contributed by atoms with van der Waals surface area (Å²) >= 11 is 0. The Kier molecular flexibility index (Phi) is 3.79. The summed E-state index contributed by atoms with van der Waals surface area (Å²) in [5.74, 6) is -0.332. The van der Waals surface area contributed by atoms with E-state index in [0.717, 1.165) is 5.39 Å². The Labute approximate surface area is 105 Å². The first-order valence-electron chi connectivity index (χ1n) is 5.84. The van der Waals surface area contributed by atoms with Crippen LogP contribution in [0.4, 0.5) is 0 Å².